The number of methoxy groups -OCH3 is 1. The minimum absolute atomic E-state index is 0.167. The molecule has 1 aromatic rings. The normalized spacial score (nSPS) is 17.2. The molecule has 0 amide bonds. The standard InChI is InChI=1S/C14H22N2O3S/c1-4-20(17,18)16-9-7-15(8-10-16)13-11-12(2)5-6-14(13)19-3/h5-6,11H,4,7-10H2,1-3H3. The number of sulfonamides is 1. The lowest BCUT2D eigenvalue weighted by Gasteiger charge is -2.35. The highest BCUT2D eigenvalue weighted by molar-refractivity contribution is 7.89. The summed E-state index contributed by atoms with van der Waals surface area (Å²) in [5, 5.41) is 0. The molecule has 20 heavy (non-hydrogen) atoms. The van der Waals surface area contributed by atoms with Crippen LogP contribution in [0.4, 0.5) is 5.69 Å². The largest absolute Gasteiger partial charge is 0.495 e. The van der Waals surface area contributed by atoms with Gasteiger partial charge >= 0.3 is 0 Å². The summed E-state index contributed by atoms with van der Waals surface area (Å²) in [5.41, 5.74) is 2.21. The smallest absolute Gasteiger partial charge is 0.213 e. The highest BCUT2D eigenvalue weighted by Gasteiger charge is 2.26. The maximum absolute atomic E-state index is 11.9. The summed E-state index contributed by atoms with van der Waals surface area (Å²) in [4.78, 5) is 2.19. The fourth-order valence-electron chi connectivity index (χ4n) is 2.44. The van der Waals surface area contributed by atoms with Gasteiger partial charge in [0.05, 0.1) is 18.6 Å². The number of rotatable bonds is 4. The molecular weight excluding hydrogens is 276 g/mol. The van der Waals surface area contributed by atoms with Crippen LogP contribution < -0.4 is 9.64 Å². The van der Waals surface area contributed by atoms with Gasteiger partial charge in [0.15, 0.2) is 0 Å². The van der Waals surface area contributed by atoms with E-state index in [2.05, 4.69) is 11.0 Å². The van der Waals surface area contributed by atoms with Crippen LogP contribution in [-0.4, -0.2) is 51.8 Å². The van der Waals surface area contributed by atoms with Gasteiger partial charge in [0, 0.05) is 26.2 Å². The SMILES string of the molecule is CCS(=O)(=O)N1CCN(c2cc(C)ccc2OC)CC1. The molecule has 1 heterocycles. The van der Waals surface area contributed by atoms with E-state index in [0.717, 1.165) is 11.4 Å². The third-order valence-electron chi connectivity index (χ3n) is 3.67. The molecule has 0 aliphatic carbocycles. The Morgan fingerprint density at radius 2 is 1.85 bits per heavy atom. The minimum atomic E-state index is -3.08. The third-order valence-corrected chi connectivity index (χ3v) is 5.55. The van der Waals surface area contributed by atoms with Crippen LogP contribution in [0, 0.1) is 6.92 Å². The van der Waals surface area contributed by atoms with Crippen LogP contribution in [-0.2, 0) is 10.0 Å². The number of hydrogen-bond acceptors (Lipinski definition) is 4. The molecule has 0 spiro atoms. The number of benzene rings is 1. The summed E-state index contributed by atoms with van der Waals surface area (Å²) in [6.45, 7) is 6.19. The van der Waals surface area contributed by atoms with E-state index in [1.165, 1.54) is 5.56 Å². The lowest BCUT2D eigenvalue weighted by Crippen LogP contribution is -2.49. The average molecular weight is 298 g/mol. The van der Waals surface area contributed by atoms with Crippen molar-refractivity contribution in [1.82, 2.24) is 4.31 Å². The average Bonchev–Trinajstić information content (AvgIpc) is 2.47. The van der Waals surface area contributed by atoms with Gasteiger partial charge in [0.1, 0.15) is 5.75 Å². The Bertz CT molecular complexity index is 564. The van der Waals surface area contributed by atoms with E-state index in [1.807, 2.05) is 19.1 Å². The summed E-state index contributed by atoms with van der Waals surface area (Å²) < 4.78 is 30.7. The quantitative estimate of drug-likeness (QED) is 0.845. The molecule has 0 atom stereocenters. The second-order valence-electron chi connectivity index (χ2n) is 4.96. The zero-order valence-corrected chi connectivity index (χ0v) is 13.1. The molecular formula is C14H22N2O3S. The second kappa shape index (κ2) is 6.01. The topological polar surface area (TPSA) is 49.9 Å². The van der Waals surface area contributed by atoms with E-state index in [1.54, 1.807) is 18.3 Å². The molecule has 112 valence electrons. The van der Waals surface area contributed by atoms with Crippen molar-refractivity contribution in [2.75, 3.05) is 43.9 Å². The number of piperazine rings is 1. The molecule has 0 radical (unpaired) electrons. The maximum atomic E-state index is 11.9. The first kappa shape index (κ1) is 15.1. The zero-order chi connectivity index (χ0) is 14.8. The molecule has 0 saturated carbocycles. The van der Waals surface area contributed by atoms with Gasteiger partial charge < -0.3 is 9.64 Å². The first-order valence-electron chi connectivity index (χ1n) is 6.85. The van der Waals surface area contributed by atoms with Crippen molar-refractivity contribution in [3.63, 3.8) is 0 Å². The van der Waals surface area contributed by atoms with Gasteiger partial charge in [-0.15, -0.1) is 0 Å². The Kier molecular flexibility index (Phi) is 4.55. The second-order valence-corrected chi connectivity index (χ2v) is 7.22. The predicted octanol–water partition coefficient (Wildman–Crippen LogP) is 1.48. The monoisotopic (exact) mass is 298 g/mol. The van der Waals surface area contributed by atoms with Gasteiger partial charge in [-0.1, -0.05) is 6.07 Å². The number of anilines is 1. The molecule has 1 aliphatic rings. The summed E-state index contributed by atoms with van der Waals surface area (Å²) >= 11 is 0. The number of ether oxygens (including phenoxy) is 1. The molecule has 6 heteroatoms. The van der Waals surface area contributed by atoms with Gasteiger partial charge in [-0.05, 0) is 31.5 Å². The van der Waals surface area contributed by atoms with Gasteiger partial charge in [0.25, 0.3) is 0 Å². The van der Waals surface area contributed by atoms with Crippen molar-refractivity contribution in [2.24, 2.45) is 0 Å². The minimum Gasteiger partial charge on any atom is -0.495 e. The van der Waals surface area contributed by atoms with Crippen LogP contribution in [0.25, 0.3) is 0 Å². The molecule has 0 unspecified atom stereocenters. The van der Waals surface area contributed by atoms with Crippen LogP contribution in [0.1, 0.15) is 12.5 Å². The molecule has 0 N–H and O–H groups in total. The van der Waals surface area contributed by atoms with E-state index < -0.39 is 10.0 Å². The van der Waals surface area contributed by atoms with Crippen molar-refractivity contribution in [1.29, 1.82) is 0 Å². The lowest BCUT2D eigenvalue weighted by molar-refractivity contribution is 0.379. The van der Waals surface area contributed by atoms with E-state index in [4.69, 9.17) is 4.74 Å². The van der Waals surface area contributed by atoms with Crippen LogP contribution in [0.2, 0.25) is 0 Å². The lowest BCUT2D eigenvalue weighted by atomic mass is 10.1. The molecule has 1 saturated heterocycles. The first-order valence-corrected chi connectivity index (χ1v) is 8.46. The van der Waals surface area contributed by atoms with Crippen molar-refractivity contribution >= 4 is 15.7 Å². The fourth-order valence-corrected chi connectivity index (χ4v) is 3.52. The van der Waals surface area contributed by atoms with Gasteiger partial charge in [0.2, 0.25) is 10.0 Å². The summed E-state index contributed by atoms with van der Waals surface area (Å²) in [5.74, 6) is 1.00. The van der Waals surface area contributed by atoms with E-state index in [0.29, 0.717) is 26.2 Å². The van der Waals surface area contributed by atoms with Crippen molar-refractivity contribution in [3.8, 4) is 5.75 Å². The predicted molar refractivity (Wildman–Crippen MR) is 81.0 cm³/mol. The van der Waals surface area contributed by atoms with Gasteiger partial charge in [-0.3, -0.25) is 0 Å². The van der Waals surface area contributed by atoms with Crippen LogP contribution >= 0.6 is 0 Å². The molecule has 0 aromatic heterocycles. The number of aryl methyl sites for hydroxylation is 1. The Hall–Kier alpha value is -1.27. The van der Waals surface area contributed by atoms with Gasteiger partial charge in [-0.2, -0.15) is 4.31 Å². The van der Waals surface area contributed by atoms with Crippen molar-refractivity contribution < 1.29 is 13.2 Å². The van der Waals surface area contributed by atoms with E-state index in [9.17, 15) is 8.42 Å². The van der Waals surface area contributed by atoms with Crippen molar-refractivity contribution in [3.05, 3.63) is 23.8 Å². The van der Waals surface area contributed by atoms with Crippen LogP contribution in [0.3, 0.4) is 0 Å². The Morgan fingerprint density at radius 1 is 1.20 bits per heavy atom. The molecule has 5 nitrogen and oxygen atoms in total. The Morgan fingerprint density at radius 3 is 2.40 bits per heavy atom. The fraction of sp³-hybridized carbons (Fsp3) is 0.571. The highest BCUT2D eigenvalue weighted by Crippen LogP contribution is 2.30. The van der Waals surface area contributed by atoms with E-state index in [-0.39, 0.29) is 5.75 Å². The summed E-state index contributed by atoms with van der Waals surface area (Å²) in [7, 11) is -1.42. The first-order chi connectivity index (χ1) is 9.47. The van der Waals surface area contributed by atoms with Crippen molar-refractivity contribution in [2.45, 2.75) is 13.8 Å². The van der Waals surface area contributed by atoms with Crippen LogP contribution in [0.5, 0.6) is 5.75 Å². The molecule has 1 fully saturated rings. The molecule has 1 aromatic carbocycles. The molecule has 0 bridgehead atoms. The maximum Gasteiger partial charge on any atom is 0.213 e. The number of hydrogen-bond donors (Lipinski definition) is 0. The summed E-state index contributed by atoms with van der Waals surface area (Å²) in [6.07, 6.45) is 0. The number of nitrogens with zero attached hydrogens (tertiary/aromatic N) is 2. The zero-order valence-electron chi connectivity index (χ0n) is 12.3. The third kappa shape index (κ3) is 3.07. The molecule has 2 rings (SSSR count). The highest BCUT2D eigenvalue weighted by atomic mass is 32.2. The summed E-state index contributed by atoms with van der Waals surface area (Å²) in [6, 6.07) is 6.06. The molecule has 1 aliphatic heterocycles. The Balaban J connectivity index is 2.13. The Labute approximate surface area is 121 Å². The van der Waals surface area contributed by atoms with Crippen LogP contribution in [0.15, 0.2) is 18.2 Å². The van der Waals surface area contributed by atoms with E-state index >= 15 is 0 Å². The van der Waals surface area contributed by atoms with Gasteiger partial charge in [-0.25, -0.2) is 8.42 Å².